The summed E-state index contributed by atoms with van der Waals surface area (Å²) in [5.41, 5.74) is 7.35. The van der Waals surface area contributed by atoms with E-state index in [1.54, 1.807) is 0 Å². The quantitative estimate of drug-likeness (QED) is 0.904. The highest BCUT2D eigenvalue weighted by atomic mass is 16.5. The van der Waals surface area contributed by atoms with Crippen LogP contribution in [0.3, 0.4) is 0 Å². The molecule has 4 nitrogen and oxygen atoms in total. The molecule has 2 N–H and O–H groups in total. The van der Waals surface area contributed by atoms with Crippen molar-refractivity contribution in [3.05, 3.63) is 11.9 Å². The van der Waals surface area contributed by atoms with Crippen LogP contribution in [-0.2, 0) is 6.42 Å². The molecule has 0 amide bonds. The number of ether oxygens (including phenoxy) is 1. The first-order valence-corrected chi connectivity index (χ1v) is 7.28. The van der Waals surface area contributed by atoms with Crippen molar-refractivity contribution in [1.82, 2.24) is 9.97 Å². The van der Waals surface area contributed by atoms with Gasteiger partial charge in [0.05, 0.1) is 5.56 Å². The smallest absolute Gasteiger partial charge is 0.222 e. The summed E-state index contributed by atoms with van der Waals surface area (Å²) in [5.74, 6) is 1.25. The summed E-state index contributed by atoms with van der Waals surface area (Å²) < 4.78 is 6.08. The van der Waals surface area contributed by atoms with Gasteiger partial charge >= 0.3 is 0 Å². The molecule has 1 fully saturated rings. The monoisotopic (exact) mass is 263 g/mol. The minimum absolute atomic E-state index is 0.276. The topological polar surface area (TPSA) is 61.0 Å². The van der Waals surface area contributed by atoms with Crippen LogP contribution in [0.15, 0.2) is 6.33 Å². The van der Waals surface area contributed by atoms with Gasteiger partial charge in [-0.15, -0.1) is 0 Å². The van der Waals surface area contributed by atoms with E-state index in [4.69, 9.17) is 10.5 Å². The van der Waals surface area contributed by atoms with Crippen molar-refractivity contribution in [3.63, 3.8) is 0 Å². The first-order valence-electron chi connectivity index (χ1n) is 7.28. The highest BCUT2D eigenvalue weighted by molar-refractivity contribution is 5.44. The van der Waals surface area contributed by atoms with E-state index in [-0.39, 0.29) is 6.10 Å². The molecule has 0 saturated heterocycles. The zero-order valence-corrected chi connectivity index (χ0v) is 12.3. The third-order valence-electron chi connectivity index (χ3n) is 4.00. The van der Waals surface area contributed by atoms with Crippen LogP contribution in [0.25, 0.3) is 0 Å². The maximum absolute atomic E-state index is 6.08. The predicted octanol–water partition coefficient (Wildman–Crippen LogP) is 3.36. The molecule has 2 rings (SSSR count). The molecule has 1 heterocycles. The second-order valence-corrected chi connectivity index (χ2v) is 6.27. The molecule has 0 aliphatic heterocycles. The third kappa shape index (κ3) is 3.58. The Morgan fingerprint density at radius 2 is 2.00 bits per heavy atom. The van der Waals surface area contributed by atoms with Crippen molar-refractivity contribution in [1.29, 1.82) is 0 Å². The summed E-state index contributed by atoms with van der Waals surface area (Å²) in [6, 6.07) is 0. The Kier molecular flexibility index (Phi) is 4.27. The van der Waals surface area contributed by atoms with Gasteiger partial charge in [-0.2, -0.15) is 0 Å². The van der Waals surface area contributed by atoms with Crippen LogP contribution in [0, 0.1) is 5.41 Å². The van der Waals surface area contributed by atoms with Crippen LogP contribution in [0.5, 0.6) is 5.88 Å². The van der Waals surface area contributed by atoms with Gasteiger partial charge in [-0.1, -0.05) is 27.2 Å². The van der Waals surface area contributed by atoms with Gasteiger partial charge < -0.3 is 10.5 Å². The maximum atomic E-state index is 6.08. The molecule has 1 aliphatic carbocycles. The van der Waals surface area contributed by atoms with Crippen LogP contribution in [0.1, 0.15) is 58.4 Å². The number of nitrogens with two attached hydrogens (primary N) is 1. The van der Waals surface area contributed by atoms with Gasteiger partial charge in [-0.25, -0.2) is 9.97 Å². The van der Waals surface area contributed by atoms with Crippen molar-refractivity contribution >= 4 is 5.82 Å². The number of rotatable bonds is 4. The standard InChI is InChI=1S/C15H25N3O/c1-4-5-12-13(16)17-10-18-14(12)19-11-6-8-15(2,3)9-7-11/h10-11H,4-9H2,1-3H3,(H2,16,17,18). The zero-order chi connectivity index (χ0) is 13.9. The van der Waals surface area contributed by atoms with E-state index in [0.29, 0.717) is 17.1 Å². The Hall–Kier alpha value is -1.32. The van der Waals surface area contributed by atoms with Gasteiger partial charge in [0.1, 0.15) is 18.2 Å². The first-order chi connectivity index (χ1) is 9.02. The highest BCUT2D eigenvalue weighted by Crippen LogP contribution is 2.37. The lowest BCUT2D eigenvalue weighted by atomic mass is 9.76. The lowest BCUT2D eigenvalue weighted by Crippen LogP contribution is -2.29. The molecule has 0 radical (unpaired) electrons. The lowest BCUT2D eigenvalue weighted by Gasteiger charge is -2.34. The molecule has 19 heavy (non-hydrogen) atoms. The van der Waals surface area contributed by atoms with Crippen molar-refractivity contribution < 1.29 is 4.74 Å². The van der Waals surface area contributed by atoms with E-state index in [2.05, 4.69) is 30.7 Å². The fourth-order valence-corrected chi connectivity index (χ4v) is 2.64. The Morgan fingerprint density at radius 3 is 2.63 bits per heavy atom. The summed E-state index contributed by atoms with van der Waals surface area (Å²) in [7, 11) is 0. The molecule has 0 spiro atoms. The number of nitrogen functional groups attached to an aromatic ring is 1. The van der Waals surface area contributed by atoms with Gasteiger partial charge in [0.25, 0.3) is 0 Å². The van der Waals surface area contributed by atoms with E-state index >= 15 is 0 Å². The minimum atomic E-state index is 0.276. The van der Waals surface area contributed by atoms with Crippen LogP contribution in [-0.4, -0.2) is 16.1 Å². The maximum Gasteiger partial charge on any atom is 0.222 e. The Labute approximate surface area is 115 Å². The van der Waals surface area contributed by atoms with E-state index < -0.39 is 0 Å². The number of hydrogen-bond donors (Lipinski definition) is 1. The molecule has 0 aromatic carbocycles. The molecule has 1 aliphatic rings. The molecule has 1 aromatic rings. The van der Waals surface area contributed by atoms with Crippen LogP contribution >= 0.6 is 0 Å². The summed E-state index contributed by atoms with van der Waals surface area (Å²) in [6.07, 6.45) is 8.29. The Bertz CT molecular complexity index is 421. The second kappa shape index (κ2) is 5.76. The normalized spacial score (nSPS) is 19.3. The Morgan fingerprint density at radius 1 is 1.32 bits per heavy atom. The molecule has 0 atom stereocenters. The van der Waals surface area contributed by atoms with Gasteiger partial charge in [0.15, 0.2) is 0 Å². The van der Waals surface area contributed by atoms with Crippen molar-refractivity contribution in [2.75, 3.05) is 5.73 Å². The van der Waals surface area contributed by atoms with Gasteiger partial charge in [-0.05, 0) is 37.5 Å². The SMILES string of the molecule is CCCc1c(N)ncnc1OC1CCC(C)(C)CC1. The molecule has 4 heteroatoms. The van der Waals surface area contributed by atoms with Crippen LogP contribution in [0.4, 0.5) is 5.82 Å². The average Bonchev–Trinajstić information content (AvgIpc) is 2.36. The third-order valence-corrected chi connectivity index (χ3v) is 4.00. The molecule has 1 saturated carbocycles. The van der Waals surface area contributed by atoms with Crippen LogP contribution in [0.2, 0.25) is 0 Å². The zero-order valence-electron chi connectivity index (χ0n) is 12.3. The van der Waals surface area contributed by atoms with E-state index in [9.17, 15) is 0 Å². The van der Waals surface area contributed by atoms with Gasteiger partial charge in [0, 0.05) is 0 Å². The first kappa shape index (κ1) is 14.1. The number of anilines is 1. The van der Waals surface area contributed by atoms with Gasteiger partial charge in [-0.3, -0.25) is 0 Å². The minimum Gasteiger partial charge on any atom is -0.474 e. The fraction of sp³-hybridized carbons (Fsp3) is 0.733. The molecular weight excluding hydrogens is 238 g/mol. The summed E-state index contributed by atoms with van der Waals surface area (Å²) in [6.45, 7) is 6.78. The summed E-state index contributed by atoms with van der Waals surface area (Å²) in [4.78, 5) is 8.34. The number of hydrogen-bond acceptors (Lipinski definition) is 4. The van der Waals surface area contributed by atoms with Crippen molar-refractivity contribution in [2.24, 2.45) is 5.41 Å². The highest BCUT2D eigenvalue weighted by Gasteiger charge is 2.28. The van der Waals surface area contributed by atoms with Gasteiger partial charge in [0.2, 0.25) is 5.88 Å². The molecule has 0 unspecified atom stereocenters. The lowest BCUT2D eigenvalue weighted by molar-refractivity contribution is 0.0939. The van der Waals surface area contributed by atoms with Crippen molar-refractivity contribution in [2.45, 2.75) is 65.4 Å². The average molecular weight is 263 g/mol. The molecule has 106 valence electrons. The van der Waals surface area contributed by atoms with E-state index in [1.165, 1.54) is 19.2 Å². The van der Waals surface area contributed by atoms with E-state index in [1.807, 2.05) is 0 Å². The molecule has 1 aromatic heterocycles. The molecule has 0 bridgehead atoms. The van der Waals surface area contributed by atoms with E-state index in [0.717, 1.165) is 31.2 Å². The van der Waals surface area contributed by atoms with Crippen molar-refractivity contribution in [3.8, 4) is 5.88 Å². The largest absolute Gasteiger partial charge is 0.474 e. The predicted molar refractivity (Wildman–Crippen MR) is 77.1 cm³/mol. The summed E-state index contributed by atoms with van der Waals surface area (Å²) in [5, 5.41) is 0. The second-order valence-electron chi connectivity index (χ2n) is 6.27. The molecular formula is C15H25N3O. The number of aromatic nitrogens is 2. The fourth-order valence-electron chi connectivity index (χ4n) is 2.64. The van der Waals surface area contributed by atoms with Crippen LogP contribution < -0.4 is 10.5 Å². The Balaban J connectivity index is 2.05. The summed E-state index contributed by atoms with van der Waals surface area (Å²) >= 11 is 0. The number of nitrogens with zero attached hydrogens (tertiary/aromatic N) is 2.